The highest BCUT2D eigenvalue weighted by molar-refractivity contribution is 6.34. The number of amides is 1. The van der Waals surface area contributed by atoms with Crippen LogP contribution in [0.25, 0.3) is 0 Å². The quantitative estimate of drug-likeness (QED) is 0.668. The fraction of sp³-hybridized carbons (Fsp3) is 0.100. The molecule has 0 radical (unpaired) electrons. The number of carbonyl (C=O) groups excluding carboxylic acids is 1. The van der Waals surface area contributed by atoms with Crippen LogP contribution in [0.15, 0.2) is 54.7 Å². The Bertz CT molecular complexity index is 1010. The largest absolute Gasteiger partial charge is 0.486 e. The van der Waals surface area contributed by atoms with Crippen LogP contribution in [0.3, 0.4) is 0 Å². The number of nitrogens with zero attached hydrogens (tertiary/aromatic N) is 1. The van der Waals surface area contributed by atoms with Gasteiger partial charge in [0.1, 0.15) is 24.8 Å². The predicted molar refractivity (Wildman–Crippen MR) is 104 cm³/mol. The van der Waals surface area contributed by atoms with Crippen LogP contribution in [0.5, 0.6) is 11.5 Å². The Balaban J connectivity index is 1.45. The summed E-state index contributed by atoms with van der Waals surface area (Å²) in [5.74, 6) is 0.613. The van der Waals surface area contributed by atoms with Gasteiger partial charge in [0.2, 0.25) is 0 Å². The van der Waals surface area contributed by atoms with Crippen LogP contribution >= 0.6 is 11.6 Å². The number of benzene rings is 2. The number of rotatable bonds is 4. The number of pyridine rings is 1. The normalized spacial score (nSPS) is 12.4. The van der Waals surface area contributed by atoms with Gasteiger partial charge < -0.3 is 20.1 Å². The van der Waals surface area contributed by atoms with E-state index >= 15 is 0 Å². The molecule has 1 amide bonds. The second-order valence-corrected chi connectivity index (χ2v) is 6.37. The maximum Gasteiger partial charge on any atom is 0.260 e. The average Bonchev–Trinajstić information content (AvgIpc) is 2.69. The first-order valence-corrected chi connectivity index (χ1v) is 8.86. The number of ether oxygens (including phenoxy) is 2. The maximum absolute atomic E-state index is 13.8. The zero-order valence-corrected chi connectivity index (χ0v) is 15.3. The fourth-order valence-electron chi connectivity index (χ4n) is 2.72. The Morgan fingerprint density at radius 3 is 2.57 bits per heavy atom. The molecule has 6 nitrogen and oxygen atoms in total. The van der Waals surface area contributed by atoms with Gasteiger partial charge in [-0.05, 0) is 36.4 Å². The molecule has 0 aliphatic carbocycles. The standard InChI is InChI=1S/C20H15ClFN3O3/c21-14-2-1-3-15(22)19(14)20(26)25-13-5-7-18(23-11-13)24-12-4-6-16-17(10-12)28-9-8-27-16/h1-7,10-11H,8-9H2,(H,23,24)(H,25,26). The molecule has 3 aromatic rings. The fourth-order valence-corrected chi connectivity index (χ4v) is 2.97. The highest BCUT2D eigenvalue weighted by Gasteiger charge is 2.16. The van der Waals surface area contributed by atoms with Crippen molar-refractivity contribution in [2.75, 3.05) is 23.8 Å². The third kappa shape index (κ3) is 3.84. The molecule has 2 N–H and O–H groups in total. The van der Waals surface area contributed by atoms with Gasteiger partial charge in [-0.15, -0.1) is 0 Å². The Morgan fingerprint density at radius 2 is 1.82 bits per heavy atom. The molecule has 4 rings (SSSR count). The van der Waals surface area contributed by atoms with Gasteiger partial charge in [-0.25, -0.2) is 9.37 Å². The topological polar surface area (TPSA) is 72.5 Å². The van der Waals surface area contributed by atoms with Crippen LogP contribution in [0.2, 0.25) is 5.02 Å². The lowest BCUT2D eigenvalue weighted by Crippen LogP contribution is -2.15. The van der Waals surface area contributed by atoms with Crippen LogP contribution in [0.1, 0.15) is 10.4 Å². The van der Waals surface area contributed by atoms with Crippen LogP contribution in [-0.2, 0) is 0 Å². The molecule has 0 atom stereocenters. The van der Waals surface area contributed by atoms with Gasteiger partial charge in [0.15, 0.2) is 11.5 Å². The molecule has 0 spiro atoms. The summed E-state index contributed by atoms with van der Waals surface area (Å²) >= 11 is 5.91. The Morgan fingerprint density at radius 1 is 1.04 bits per heavy atom. The molecule has 2 aromatic carbocycles. The van der Waals surface area contributed by atoms with E-state index in [2.05, 4.69) is 15.6 Å². The summed E-state index contributed by atoms with van der Waals surface area (Å²) in [6, 6.07) is 12.9. The predicted octanol–water partition coefficient (Wildman–Crippen LogP) is 4.64. The van der Waals surface area contributed by atoms with Gasteiger partial charge in [0, 0.05) is 11.8 Å². The molecule has 0 unspecified atom stereocenters. The van der Waals surface area contributed by atoms with Gasteiger partial charge in [-0.1, -0.05) is 17.7 Å². The van der Waals surface area contributed by atoms with Gasteiger partial charge >= 0.3 is 0 Å². The second kappa shape index (κ2) is 7.74. The zero-order chi connectivity index (χ0) is 19.5. The van der Waals surface area contributed by atoms with Gasteiger partial charge in [0.05, 0.1) is 22.5 Å². The minimum Gasteiger partial charge on any atom is -0.486 e. The molecular weight excluding hydrogens is 385 g/mol. The molecule has 0 fully saturated rings. The summed E-state index contributed by atoms with van der Waals surface area (Å²) in [6.07, 6.45) is 1.47. The van der Waals surface area contributed by atoms with Crippen molar-refractivity contribution < 1.29 is 18.7 Å². The average molecular weight is 400 g/mol. The number of fused-ring (bicyclic) bond motifs is 1. The third-order valence-corrected chi connectivity index (χ3v) is 4.34. The molecule has 0 saturated heterocycles. The van der Waals surface area contributed by atoms with E-state index in [1.165, 1.54) is 24.4 Å². The Hall–Kier alpha value is -3.32. The summed E-state index contributed by atoms with van der Waals surface area (Å²) in [5.41, 5.74) is 0.992. The molecule has 0 bridgehead atoms. The lowest BCUT2D eigenvalue weighted by atomic mass is 10.2. The molecule has 1 aliphatic rings. The molecular formula is C20H15ClFN3O3. The van der Waals surface area contributed by atoms with Crippen molar-refractivity contribution in [1.82, 2.24) is 4.98 Å². The van der Waals surface area contributed by atoms with Crippen LogP contribution < -0.4 is 20.1 Å². The number of carbonyl (C=O) groups is 1. The highest BCUT2D eigenvalue weighted by atomic mass is 35.5. The summed E-state index contributed by atoms with van der Waals surface area (Å²) in [4.78, 5) is 16.5. The van der Waals surface area contributed by atoms with Crippen molar-refractivity contribution in [2.24, 2.45) is 0 Å². The Kier molecular flexibility index (Phi) is 4.99. The van der Waals surface area contributed by atoms with Crippen molar-refractivity contribution in [3.8, 4) is 11.5 Å². The van der Waals surface area contributed by atoms with E-state index in [1.54, 1.807) is 12.1 Å². The van der Waals surface area contributed by atoms with E-state index in [1.807, 2.05) is 18.2 Å². The first-order chi connectivity index (χ1) is 13.6. The molecule has 142 valence electrons. The van der Waals surface area contributed by atoms with Crippen LogP contribution in [-0.4, -0.2) is 24.1 Å². The number of hydrogen-bond donors (Lipinski definition) is 2. The van der Waals surface area contributed by atoms with E-state index in [-0.39, 0.29) is 10.6 Å². The SMILES string of the molecule is O=C(Nc1ccc(Nc2ccc3c(c2)OCCO3)nc1)c1c(F)cccc1Cl. The molecule has 28 heavy (non-hydrogen) atoms. The monoisotopic (exact) mass is 399 g/mol. The first kappa shape index (κ1) is 18.1. The van der Waals surface area contributed by atoms with Crippen molar-refractivity contribution in [3.63, 3.8) is 0 Å². The lowest BCUT2D eigenvalue weighted by molar-refractivity contribution is 0.102. The smallest absolute Gasteiger partial charge is 0.260 e. The molecule has 0 saturated carbocycles. The Labute approximate surface area is 165 Å². The number of halogens is 2. The van der Waals surface area contributed by atoms with Crippen molar-refractivity contribution >= 4 is 34.7 Å². The number of nitrogens with one attached hydrogen (secondary N) is 2. The highest BCUT2D eigenvalue weighted by Crippen LogP contribution is 2.33. The van der Waals surface area contributed by atoms with Crippen LogP contribution in [0.4, 0.5) is 21.6 Å². The number of anilines is 3. The van der Waals surface area contributed by atoms with Crippen LogP contribution in [0, 0.1) is 5.82 Å². The van der Waals surface area contributed by atoms with Crippen molar-refractivity contribution in [2.45, 2.75) is 0 Å². The van der Waals surface area contributed by atoms with Crippen molar-refractivity contribution in [3.05, 3.63) is 71.1 Å². The summed E-state index contributed by atoms with van der Waals surface area (Å²) in [6.45, 7) is 1.04. The first-order valence-electron chi connectivity index (χ1n) is 8.48. The van der Waals surface area contributed by atoms with Gasteiger partial charge in [0.25, 0.3) is 5.91 Å². The van der Waals surface area contributed by atoms with Crippen molar-refractivity contribution in [1.29, 1.82) is 0 Å². The van der Waals surface area contributed by atoms with E-state index in [4.69, 9.17) is 21.1 Å². The molecule has 8 heteroatoms. The molecule has 1 aromatic heterocycles. The third-order valence-electron chi connectivity index (χ3n) is 4.03. The summed E-state index contributed by atoms with van der Waals surface area (Å²) in [5, 5.41) is 5.77. The minimum absolute atomic E-state index is 0.0438. The van der Waals surface area contributed by atoms with E-state index in [0.29, 0.717) is 36.2 Å². The zero-order valence-electron chi connectivity index (χ0n) is 14.5. The number of hydrogen-bond acceptors (Lipinski definition) is 5. The van der Waals surface area contributed by atoms with Gasteiger partial charge in [-0.2, -0.15) is 0 Å². The lowest BCUT2D eigenvalue weighted by Gasteiger charge is -2.19. The summed E-state index contributed by atoms with van der Waals surface area (Å²) < 4.78 is 24.9. The summed E-state index contributed by atoms with van der Waals surface area (Å²) in [7, 11) is 0. The minimum atomic E-state index is -0.685. The van der Waals surface area contributed by atoms with E-state index in [9.17, 15) is 9.18 Å². The number of aromatic nitrogens is 1. The van der Waals surface area contributed by atoms with E-state index in [0.717, 1.165) is 5.69 Å². The van der Waals surface area contributed by atoms with E-state index < -0.39 is 11.7 Å². The van der Waals surface area contributed by atoms with Gasteiger partial charge in [-0.3, -0.25) is 4.79 Å². The maximum atomic E-state index is 13.8. The second-order valence-electron chi connectivity index (χ2n) is 5.97. The molecule has 2 heterocycles. The molecule has 1 aliphatic heterocycles.